The number of likely N-dealkylation sites (tertiary alicyclic amines) is 1. The summed E-state index contributed by atoms with van der Waals surface area (Å²) >= 11 is 0. The van der Waals surface area contributed by atoms with Gasteiger partial charge >= 0.3 is 12.1 Å². The van der Waals surface area contributed by atoms with E-state index < -0.39 is 23.8 Å². The fraction of sp³-hybridized carbons (Fsp3) is 0.864. The van der Waals surface area contributed by atoms with Crippen molar-refractivity contribution in [2.75, 3.05) is 13.7 Å². The zero-order valence-corrected chi connectivity index (χ0v) is 18.8. The molecule has 0 aromatic carbocycles. The fourth-order valence-corrected chi connectivity index (χ4v) is 4.42. The third-order valence-electron chi connectivity index (χ3n) is 6.09. The third-order valence-corrected chi connectivity index (χ3v) is 6.09. The van der Waals surface area contributed by atoms with E-state index in [2.05, 4.69) is 19.2 Å². The average Bonchev–Trinajstić information content (AvgIpc) is 3.10. The summed E-state index contributed by atoms with van der Waals surface area (Å²) in [5, 5.41) is 2.84. The van der Waals surface area contributed by atoms with Gasteiger partial charge < -0.3 is 19.7 Å². The Bertz CT molecular complexity index is 593. The summed E-state index contributed by atoms with van der Waals surface area (Å²) in [6.45, 7) is 10.1. The van der Waals surface area contributed by atoms with E-state index in [9.17, 15) is 14.4 Å². The molecule has 1 aliphatic heterocycles. The molecule has 3 atom stereocenters. The highest BCUT2D eigenvalue weighted by Gasteiger charge is 2.45. The van der Waals surface area contributed by atoms with Crippen molar-refractivity contribution in [3.05, 3.63) is 0 Å². The van der Waals surface area contributed by atoms with Crippen LogP contribution in [0.2, 0.25) is 0 Å². The van der Waals surface area contributed by atoms with E-state index in [4.69, 9.17) is 9.47 Å². The number of hydrogen-bond donors (Lipinski definition) is 1. The van der Waals surface area contributed by atoms with E-state index in [0.717, 1.165) is 32.1 Å². The van der Waals surface area contributed by atoms with Crippen molar-refractivity contribution in [1.29, 1.82) is 0 Å². The highest BCUT2D eigenvalue weighted by atomic mass is 16.6. The minimum Gasteiger partial charge on any atom is -0.467 e. The van der Waals surface area contributed by atoms with Gasteiger partial charge in [0.05, 0.1) is 7.11 Å². The van der Waals surface area contributed by atoms with Gasteiger partial charge in [0.1, 0.15) is 17.7 Å². The van der Waals surface area contributed by atoms with Crippen molar-refractivity contribution in [3.8, 4) is 0 Å². The summed E-state index contributed by atoms with van der Waals surface area (Å²) in [7, 11) is 1.35. The molecule has 2 aliphatic rings. The maximum atomic E-state index is 13.6. The van der Waals surface area contributed by atoms with Crippen LogP contribution >= 0.6 is 0 Å². The Labute approximate surface area is 174 Å². The van der Waals surface area contributed by atoms with Gasteiger partial charge in [0.15, 0.2) is 0 Å². The van der Waals surface area contributed by atoms with E-state index in [-0.39, 0.29) is 23.7 Å². The normalized spacial score (nSPS) is 24.3. The molecule has 7 nitrogen and oxygen atoms in total. The number of nitrogens with zero attached hydrogens (tertiary/aromatic N) is 1. The van der Waals surface area contributed by atoms with Crippen LogP contribution in [0.4, 0.5) is 4.79 Å². The number of ether oxygens (including phenoxy) is 2. The van der Waals surface area contributed by atoms with Gasteiger partial charge in [-0.25, -0.2) is 9.59 Å². The molecule has 0 bridgehead atoms. The standard InChI is InChI=1S/C22H38N2O5/c1-14(2)16-12-17(20(26)28-6)24(13-16)19(25)18(15-10-8-7-9-11-15)23-21(27)29-22(3,4)5/h14-18H,7-13H2,1-6H3,(H,23,27)/t16?,17-,18-/m0/s1. The minimum atomic E-state index is -0.678. The van der Waals surface area contributed by atoms with Crippen molar-refractivity contribution in [2.45, 2.75) is 90.8 Å². The molecule has 0 aromatic heterocycles. The predicted octanol–water partition coefficient (Wildman–Crippen LogP) is 3.51. The maximum absolute atomic E-state index is 13.6. The molecule has 0 aromatic rings. The molecule has 1 aliphatic carbocycles. The lowest BCUT2D eigenvalue weighted by atomic mass is 9.83. The van der Waals surface area contributed by atoms with E-state index in [0.29, 0.717) is 18.9 Å². The number of rotatable bonds is 5. The number of methoxy groups -OCH3 is 1. The first-order valence-corrected chi connectivity index (χ1v) is 10.9. The van der Waals surface area contributed by atoms with Crippen LogP contribution < -0.4 is 5.32 Å². The third kappa shape index (κ3) is 6.34. The number of hydrogen-bond acceptors (Lipinski definition) is 5. The average molecular weight is 411 g/mol. The van der Waals surface area contributed by atoms with Crippen LogP contribution in [0.15, 0.2) is 0 Å². The van der Waals surface area contributed by atoms with Crippen molar-refractivity contribution in [2.24, 2.45) is 17.8 Å². The van der Waals surface area contributed by atoms with Gasteiger partial charge in [0.2, 0.25) is 5.91 Å². The number of alkyl carbamates (subject to hydrolysis) is 1. The molecule has 1 N–H and O–H groups in total. The lowest BCUT2D eigenvalue weighted by Crippen LogP contribution is -2.55. The quantitative estimate of drug-likeness (QED) is 0.701. The molecule has 2 amide bonds. The number of esters is 1. The molecule has 2 fully saturated rings. The minimum absolute atomic E-state index is 0.0557. The summed E-state index contributed by atoms with van der Waals surface area (Å²) in [6.07, 6.45) is 5.01. The summed E-state index contributed by atoms with van der Waals surface area (Å²) in [6, 6.07) is -1.27. The van der Waals surface area contributed by atoms with E-state index in [1.165, 1.54) is 7.11 Å². The fourth-order valence-electron chi connectivity index (χ4n) is 4.42. The topological polar surface area (TPSA) is 84.9 Å². The number of amides is 2. The second kappa shape index (κ2) is 9.81. The van der Waals surface area contributed by atoms with Crippen molar-refractivity contribution in [1.82, 2.24) is 10.2 Å². The predicted molar refractivity (Wildman–Crippen MR) is 110 cm³/mol. The SMILES string of the molecule is COC(=O)[C@@H]1CC(C(C)C)CN1C(=O)[C@@H](NC(=O)OC(C)(C)C)C1CCCCC1. The molecule has 2 rings (SSSR count). The highest BCUT2D eigenvalue weighted by molar-refractivity contribution is 5.90. The smallest absolute Gasteiger partial charge is 0.408 e. The molecular weight excluding hydrogens is 372 g/mol. The largest absolute Gasteiger partial charge is 0.467 e. The molecule has 1 saturated carbocycles. The van der Waals surface area contributed by atoms with Crippen molar-refractivity contribution < 1.29 is 23.9 Å². The van der Waals surface area contributed by atoms with E-state index in [1.807, 2.05) is 0 Å². The molecule has 166 valence electrons. The zero-order chi connectivity index (χ0) is 21.8. The molecular formula is C22H38N2O5. The van der Waals surface area contributed by atoms with Crippen LogP contribution in [0, 0.1) is 17.8 Å². The lowest BCUT2D eigenvalue weighted by molar-refractivity contribution is -0.152. The Morgan fingerprint density at radius 3 is 2.17 bits per heavy atom. The Hall–Kier alpha value is -1.79. The second-order valence-electron chi connectivity index (χ2n) is 9.79. The Morgan fingerprint density at radius 2 is 1.66 bits per heavy atom. The van der Waals surface area contributed by atoms with Crippen LogP contribution in [0.1, 0.15) is 73.1 Å². The van der Waals surface area contributed by atoms with E-state index in [1.54, 1.807) is 25.7 Å². The molecule has 7 heteroatoms. The van der Waals surface area contributed by atoms with Gasteiger partial charge in [0, 0.05) is 6.54 Å². The van der Waals surface area contributed by atoms with Crippen LogP contribution in [0.25, 0.3) is 0 Å². The van der Waals surface area contributed by atoms with Gasteiger partial charge in [-0.15, -0.1) is 0 Å². The van der Waals surface area contributed by atoms with Crippen LogP contribution in [0.3, 0.4) is 0 Å². The summed E-state index contributed by atoms with van der Waals surface area (Å²) in [5.41, 5.74) is -0.644. The number of carbonyl (C=O) groups excluding carboxylic acids is 3. The van der Waals surface area contributed by atoms with Crippen LogP contribution in [-0.4, -0.2) is 54.2 Å². The van der Waals surface area contributed by atoms with Gasteiger partial charge in [-0.3, -0.25) is 4.79 Å². The van der Waals surface area contributed by atoms with E-state index >= 15 is 0 Å². The molecule has 1 unspecified atom stereocenters. The molecule has 1 heterocycles. The Kier molecular flexibility index (Phi) is 7.94. The lowest BCUT2D eigenvalue weighted by Gasteiger charge is -2.34. The highest BCUT2D eigenvalue weighted by Crippen LogP contribution is 2.33. The van der Waals surface area contributed by atoms with Gasteiger partial charge in [0.25, 0.3) is 0 Å². The Balaban J connectivity index is 2.23. The number of carbonyl (C=O) groups is 3. The zero-order valence-electron chi connectivity index (χ0n) is 18.8. The maximum Gasteiger partial charge on any atom is 0.408 e. The van der Waals surface area contributed by atoms with Gasteiger partial charge in [-0.05, 0) is 57.8 Å². The summed E-state index contributed by atoms with van der Waals surface area (Å²) in [5.74, 6) is 0.0612. The summed E-state index contributed by atoms with van der Waals surface area (Å²) in [4.78, 5) is 40.1. The van der Waals surface area contributed by atoms with Crippen molar-refractivity contribution in [3.63, 3.8) is 0 Å². The molecule has 1 saturated heterocycles. The van der Waals surface area contributed by atoms with Crippen LogP contribution in [0.5, 0.6) is 0 Å². The molecule has 29 heavy (non-hydrogen) atoms. The van der Waals surface area contributed by atoms with Gasteiger partial charge in [-0.2, -0.15) is 0 Å². The second-order valence-corrected chi connectivity index (χ2v) is 9.79. The Morgan fingerprint density at radius 1 is 1.03 bits per heavy atom. The van der Waals surface area contributed by atoms with Crippen LogP contribution in [-0.2, 0) is 19.1 Å². The first-order valence-electron chi connectivity index (χ1n) is 10.9. The molecule has 0 radical (unpaired) electrons. The monoisotopic (exact) mass is 410 g/mol. The van der Waals surface area contributed by atoms with Gasteiger partial charge in [-0.1, -0.05) is 33.1 Å². The van der Waals surface area contributed by atoms with Crippen molar-refractivity contribution >= 4 is 18.0 Å². The summed E-state index contributed by atoms with van der Waals surface area (Å²) < 4.78 is 10.4. The number of nitrogens with one attached hydrogen (secondary N) is 1. The first kappa shape index (κ1) is 23.5. The molecule has 0 spiro atoms. The first-order chi connectivity index (χ1) is 13.5.